The first-order chi connectivity index (χ1) is 9.72. The Labute approximate surface area is 120 Å². The maximum atomic E-state index is 12.1. The van der Waals surface area contributed by atoms with E-state index in [0.29, 0.717) is 11.6 Å². The van der Waals surface area contributed by atoms with E-state index in [0.717, 1.165) is 37.2 Å². The van der Waals surface area contributed by atoms with Gasteiger partial charge < -0.3 is 15.4 Å². The highest BCUT2D eigenvalue weighted by Gasteiger charge is 2.20. The fraction of sp³-hybridized carbons (Fsp3) is 0.562. The van der Waals surface area contributed by atoms with Gasteiger partial charge in [0.2, 0.25) is 0 Å². The van der Waals surface area contributed by atoms with Crippen LogP contribution in [0.1, 0.15) is 48.5 Å². The fourth-order valence-corrected chi connectivity index (χ4v) is 2.04. The maximum absolute atomic E-state index is 12.1. The molecule has 20 heavy (non-hydrogen) atoms. The van der Waals surface area contributed by atoms with Crippen LogP contribution in [0.5, 0.6) is 5.75 Å². The van der Waals surface area contributed by atoms with Gasteiger partial charge in [-0.3, -0.25) is 4.79 Å². The highest BCUT2D eigenvalue weighted by atomic mass is 16.5. The van der Waals surface area contributed by atoms with Crippen molar-refractivity contribution in [3.05, 3.63) is 29.3 Å². The molecular formula is C16H24N2O2. The Morgan fingerprint density at radius 1 is 1.35 bits per heavy atom. The first-order valence-electron chi connectivity index (χ1n) is 7.42. The number of hydrogen-bond donors (Lipinski definition) is 2. The predicted octanol–water partition coefficient (Wildman–Crippen LogP) is 2.48. The van der Waals surface area contributed by atoms with Crippen molar-refractivity contribution in [3.63, 3.8) is 0 Å². The van der Waals surface area contributed by atoms with Crippen LogP contribution in [0.25, 0.3) is 0 Å². The van der Waals surface area contributed by atoms with Crippen LogP contribution < -0.4 is 15.4 Å². The van der Waals surface area contributed by atoms with Crippen LogP contribution in [0.15, 0.2) is 18.2 Å². The number of rotatable bonds is 8. The third-order valence-corrected chi connectivity index (χ3v) is 3.45. The van der Waals surface area contributed by atoms with E-state index in [1.807, 2.05) is 12.1 Å². The molecule has 0 bridgehead atoms. The largest absolute Gasteiger partial charge is 0.497 e. The van der Waals surface area contributed by atoms with Gasteiger partial charge in [0.05, 0.1) is 7.11 Å². The maximum Gasteiger partial charge on any atom is 0.251 e. The van der Waals surface area contributed by atoms with Crippen LogP contribution in [-0.2, 0) is 6.54 Å². The molecule has 0 unspecified atom stereocenters. The second-order valence-corrected chi connectivity index (χ2v) is 5.33. The van der Waals surface area contributed by atoms with Crippen molar-refractivity contribution in [2.75, 3.05) is 13.7 Å². The molecule has 0 spiro atoms. The summed E-state index contributed by atoms with van der Waals surface area (Å²) in [5.74, 6) is 0.714. The standard InChI is InChI=1S/C16H24N2O2/c1-3-4-7-17-16(19)13-8-12(9-15(10-13)20-2)11-18-14-5-6-14/h8-10,14,18H,3-7,11H2,1-2H3,(H,17,19). The minimum absolute atomic E-state index is 0.0231. The molecule has 1 fully saturated rings. The molecule has 1 saturated carbocycles. The number of carbonyl (C=O) groups is 1. The Balaban J connectivity index is 2.01. The van der Waals surface area contributed by atoms with Crippen molar-refractivity contribution in [2.45, 2.75) is 45.2 Å². The second-order valence-electron chi connectivity index (χ2n) is 5.33. The molecule has 1 aromatic carbocycles. The van der Waals surface area contributed by atoms with E-state index in [2.05, 4.69) is 17.6 Å². The van der Waals surface area contributed by atoms with Crippen LogP contribution >= 0.6 is 0 Å². The molecule has 0 atom stereocenters. The summed E-state index contributed by atoms with van der Waals surface area (Å²) in [6.45, 7) is 3.62. The third-order valence-electron chi connectivity index (χ3n) is 3.45. The average molecular weight is 276 g/mol. The lowest BCUT2D eigenvalue weighted by Crippen LogP contribution is -2.24. The van der Waals surface area contributed by atoms with Gasteiger partial charge in [0.1, 0.15) is 5.75 Å². The number of carbonyl (C=O) groups excluding carboxylic acids is 1. The van der Waals surface area contributed by atoms with Crippen molar-refractivity contribution in [1.29, 1.82) is 0 Å². The van der Waals surface area contributed by atoms with Gasteiger partial charge in [0.25, 0.3) is 5.91 Å². The molecule has 1 amide bonds. The van der Waals surface area contributed by atoms with Crippen LogP contribution in [0.4, 0.5) is 0 Å². The van der Waals surface area contributed by atoms with Crippen LogP contribution in [0, 0.1) is 0 Å². The van der Waals surface area contributed by atoms with Gasteiger partial charge in [-0.15, -0.1) is 0 Å². The predicted molar refractivity (Wildman–Crippen MR) is 80.1 cm³/mol. The monoisotopic (exact) mass is 276 g/mol. The molecule has 0 aromatic heterocycles. The molecule has 2 rings (SSSR count). The minimum atomic E-state index is -0.0231. The second kappa shape index (κ2) is 7.29. The highest BCUT2D eigenvalue weighted by molar-refractivity contribution is 5.94. The lowest BCUT2D eigenvalue weighted by atomic mass is 10.1. The number of benzene rings is 1. The molecule has 0 saturated heterocycles. The van der Waals surface area contributed by atoms with Gasteiger partial charge in [0, 0.05) is 24.7 Å². The summed E-state index contributed by atoms with van der Waals surface area (Å²) in [5, 5.41) is 6.40. The van der Waals surface area contributed by atoms with E-state index in [1.165, 1.54) is 12.8 Å². The van der Waals surface area contributed by atoms with Crippen molar-refractivity contribution >= 4 is 5.91 Å². The number of nitrogens with one attached hydrogen (secondary N) is 2. The Morgan fingerprint density at radius 2 is 2.15 bits per heavy atom. The van der Waals surface area contributed by atoms with Gasteiger partial charge in [-0.1, -0.05) is 13.3 Å². The SMILES string of the molecule is CCCCNC(=O)c1cc(CNC2CC2)cc(OC)c1. The summed E-state index contributed by atoms with van der Waals surface area (Å²) in [5.41, 5.74) is 1.77. The van der Waals surface area contributed by atoms with Gasteiger partial charge in [-0.2, -0.15) is 0 Å². The van der Waals surface area contributed by atoms with Crippen LogP contribution in [0.3, 0.4) is 0 Å². The van der Waals surface area contributed by atoms with Crippen LogP contribution in [-0.4, -0.2) is 25.6 Å². The van der Waals surface area contributed by atoms with E-state index in [4.69, 9.17) is 4.74 Å². The van der Waals surface area contributed by atoms with Crippen molar-refractivity contribution in [3.8, 4) is 5.75 Å². The molecular weight excluding hydrogens is 252 g/mol. The molecule has 0 heterocycles. The molecule has 1 aromatic rings. The van der Waals surface area contributed by atoms with E-state index in [-0.39, 0.29) is 5.91 Å². The molecule has 1 aliphatic rings. The molecule has 4 heteroatoms. The van der Waals surface area contributed by atoms with Crippen molar-refractivity contribution in [2.24, 2.45) is 0 Å². The Kier molecular flexibility index (Phi) is 5.41. The zero-order valence-corrected chi connectivity index (χ0v) is 12.4. The van der Waals surface area contributed by atoms with E-state index >= 15 is 0 Å². The number of amides is 1. The van der Waals surface area contributed by atoms with E-state index in [9.17, 15) is 4.79 Å². The Morgan fingerprint density at radius 3 is 2.80 bits per heavy atom. The third kappa shape index (κ3) is 4.53. The summed E-state index contributed by atoms with van der Waals surface area (Å²) in [4.78, 5) is 12.1. The Bertz CT molecular complexity index is 456. The van der Waals surface area contributed by atoms with Crippen molar-refractivity contribution < 1.29 is 9.53 Å². The lowest BCUT2D eigenvalue weighted by molar-refractivity contribution is 0.0952. The average Bonchev–Trinajstić information content (AvgIpc) is 3.29. The van der Waals surface area contributed by atoms with E-state index in [1.54, 1.807) is 13.2 Å². The number of hydrogen-bond acceptors (Lipinski definition) is 3. The molecule has 4 nitrogen and oxygen atoms in total. The number of ether oxygens (including phenoxy) is 1. The van der Waals surface area contributed by atoms with Crippen molar-refractivity contribution in [1.82, 2.24) is 10.6 Å². The van der Waals surface area contributed by atoms with Crippen LogP contribution in [0.2, 0.25) is 0 Å². The van der Waals surface area contributed by atoms with Gasteiger partial charge >= 0.3 is 0 Å². The van der Waals surface area contributed by atoms with Gasteiger partial charge in [-0.05, 0) is 43.0 Å². The normalized spacial score (nSPS) is 14.1. The lowest BCUT2D eigenvalue weighted by Gasteiger charge is -2.10. The highest BCUT2D eigenvalue weighted by Crippen LogP contribution is 2.21. The molecule has 1 aliphatic carbocycles. The zero-order valence-electron chi connectivity index (χ0n) is 12.4. The summed E-state index contributed by atoms with van der Waals surface area (Å²) >= 11 is 0. The van der Waals surface area contributed by atoms with E-state index < -0.39 is 0 Å². The minimum Gasteiger partial charge on any atom is -0.497 e. The summed E-state index contributed by atoms with van der Waals surface area (Å²) < 4.78 is 5.29. The number of methoxy groups -OCH3 is 1. The summed E-state index contributed by atoms with van der Waals surface area (Å²) in [7, 11) is 1.63. The molecule has 0 aliphatic heterocycles. The topological polar surface area (TPSA) is 50.4 Å². The smallest absolute Gasteiger partial charge is 0.251 e. The molecule has 0 radical (unpaired) electrons. The summed E-state index contributed by atoms with van der Waals surface area (Å²) in [6.07, 6.45) is 4.60. The Hall–Kier alpha value is -1.55. The fourth-order valence-electron chi connectivity index (χ4n) is 2.04. The van der Waals surface area contributed by atoms with Gasteiger partial charge in [-0.25, -0.2) is 0 Å². The summed E-state index contributed by atoms with van der Waals surface area (Å²) in [6, 6.07) is 6.38. The zero-order chi connectivity index (χ0) is 14.4. The quantitative estimate of drug-likeness (QED) is 0.717. The molecule has 110 valence electrons. The number of unbranched alkanes of at least 4 members (excludes halogenated alkanes) is 1. The molecule has 2 N–H and O–H groups in total. The van der Waals surface area contributed by atoms with Gasteiger partial charge in [0.15, 0.2) is 0 Å². The first-order valence-corrected chi connectivity index (χ1v) is 7.42. The first kappa shape index (κ1) is 14.9.